The number of H-pyrrole nitrogens is 1. The number of ether oxygens (including phenoxy) is 2. The molecular formula is C18H19FN2O2S. The molecule has 0 radical (unpaired) electrons. The monoisotopic (exact) mass is 346 g/mol. The van der Waals surface area contributed by atoms with Crippen molar-refractivity contribution in [2.24, 2.45) is 5.92 Å². The van der Waals surface area contributed by atoms with Gasteiger partial charge in [-0.2, -0.15) is 5.10 Å². The molecule has 1 aliphatic rings. The molecule has 24 heavy (non-hydrogen) atoms. The summed E-state index contributed by atoms with van der Waals surface area (Å²) >= 11 is 5.46. The van der Waals surface area contributed by atoms with Gasteiger partial charge in [0.2, 0.25) is 0 Å². The van der Waals surface area contributed by atoms with Crippen LogP contribution in [0.5, 0.6) is 5.75 Å². The zero-order chi connectivity index (χ0) is 16.9. The molecule has 126 valence electrons. The lowest BCUT2D eigenvalue weighted by atomic mass is 10.0. The van der Waals surface area contributed by atoms with Crippen LogP contribution in [-0.2, 0) is 4.74 Å². The van der Waals surface area contributed by atoms with Crippen molar-refractivity contribution in [3.8, 4) is 17.0 Å². The second kappa shape index (κ2) is 7.68. The summed E-state index contributed by atoms with van der Waals surface area (Å²) in [5.74, 6) is 0.516. The Morgan fingerprint density at radius 2 is 2.21 bits per heavy atom. The lowest BCUT2D eigenvalue weighted by Crippen LogP contribution is -2.21. The molecule has 1 aromatic carbocycles. The zero-order valence-electron chi connectivity index (χ0n) is 13.3. The Kier molecular flexibility index (Phi) is 5.37. The minimum absolute atomic E-state index is 0.351. The molecule has 1 aliphatic heterocycles. The van der Waals surface area contributed by atoms with E-state index in [9.17, 15) is 4.39 Å². The third-order valence-corrected chi connectivity index (χ3v) is 4.54. The molecule has 0 atom stereocenters. The maximum Gasteiger partial charge on any atom is 0.131 e. The third kappa shape index (κ3) is 3.71. The van der Waals surface area contributed by atoms with Crippen LogP contribution in [0.2, 0.25) is 0 Å². The van der Waals surface area contributed by atoms with E-state index in [4.69, 9.17) is 21.7 Å². The standard InChI is InChI=1S/C18H19FN2O2S/c1-2-13-10-20-21-17(18(13)24)15-4-3-14(19)9-16(15)23-11-12-5-7-22-8-6-12/h2-4,9-10,12H,1,5-8,11H2,(H,20,24). The van der Waals surface area contributed by atoms with Gasteiger partial charge in [-0.05, 0) is 30.9 Å². The Morgan fingerprint density at radius 3 is 2.96 bits per heavy atom. The number of benzene rings is 1. The molecule has 3 rings (SSSR count). The van der Waals surface area contributed by atoms with E-state index in [-0.39, 0.29) is 5.82 Å². The molecule has 4 nitrogen and oxygen atoms in total. The minimum Gasteiger partial charge on any atom is -0.492 e. The Labute approximate surface area is 145 Å². The SMILES string of the molecule is C=Cc1c[nH]nc(-c2ccc(F)cc2OCC2CCOCC2)c1=S. The lowest BCUT2D eigenvalue weighted by molar-refractivity contribution is 0.0498. The first-order valence-corrected chi connectivity index (χ1v) is 8.31. The van der Waals surface area contributed by atoms with Gasteiger partial charge in [-0.3, -0.25) is 5.10 Å². The summed E-state index contributed by atoms with van der Waals surface area (Å²) in [6.07, 6.45) is 5.25. The number of hydrogen-bond acceptors (Lipinski definition) is 4. The second-order valence-electron chi connectivity index (χ2n) is 5.73. The van der Waals surface area contributed by atoms with E-state index in [1.807, 2.05) is 0 Å². The zero-order valence-corrected chi connectivity index (χ0v) is 14.1. The van der Waals surface area contributed by atoms with Crippen LogP contribution in [0.3, 0.4) is 0 Å². The van der Waals surface area contributed by atoms with Gasteiger partial charge in [0, 0.05) is 36.6 Å². The van der Waals surface area contributed by atoms with Crippen LogP contribution in [0.25, 0.3) is 17.3 Å². The third-order valence-electron chi connectivity index (χ3n) is 4.11. The van der Waals surface area contributed by atoms with Crippen molar-refractivity contribution < 1.29 is 13.9 Å². The minimum atomic E-state index is -0.351. The van der Waals surface area contributed by atoms with Crippen LogP contribution >= 0.6 is 12.2 Å². The number of hydrogen-bond donors (Lipinski definition) is 1. The van der Waals surface area contributed by atoms with Crippen LogP contribution in [0.4, 0.5) is 4.39 Å². The molecular weight excluding hydrogens is 327 g/mol. The van der Waals surface area contributed by atoms with Gasteiger partial charge in [0.05, 0.1) is 11.1 Å². The first kappa shape index (κ1) is 16.8. The quantitative estimate of drug-likeness (QED) is 0.816. The van der Waals surface area contributed by atoms with Crippen LogP contribution in [0, 0.1) is 16.2 Å². The highest BCUT2D eigenvalue weighted by Crippen LogP contribution is 2.31. The molecule has 1 aromatic heterocycles. The number of nitrogens with zero attached hydrogens (tertiary/aromatic N) is 1. The average molecular weight is 346 g/mol. The van der Waals surface area contributed by atoms with Gasteiger partial charge in [-0.15, -0.1) is 0 Å². The number of aromatic amines is 1. The Bertz CT molecular complexity index is 785. The van der Waals surface area contributed by atoms with Crippen LogP contribution in [0.15, 0.2) is 31.0 Å². The van der Waals surface area contributed by atoms with E-state index in [1.165, 1.54) is 12.1 Å². The van der Waals surface area contributed by atoms with Crippen molar-refractivity contribution in [2.45, 2.75) is 12.8 Å². The van der Waals surface area contributed by atoms with Gasteiger partial charge < -0.3 is 9.47 Å². The van der Waals surface area contributed by atoms with Crippen LogP contribution in [-0.4, -0.2) is 30.0 Å². The maximum atomic E-state index is 13.7. The molecule has 0 spiro atoms. The van der Waals surface area contributed by atoms with Gasteiger partial charge >= 0.3 is 0 Å². The Balaban J connectivity index is 1.91. The Morgan fingerprint density at radius 1 is 1.42 bits per heavy atom. The molecule has 1 N–H and O–H groups in total. The smallest absolute Gasteiger partial charge is 0.131 e. The van der Waals surface area contributed by atoms with Crippen molar-refractivity contribution in [1.82, 2.24) is 10.2 Å². The predicted octanol–water partition coefficient (Wildman–Crippen LogP) is 4.39. The van der Waals surface area contributed by atoms with Gasteiger partial charge in [-0.1, -0.05) is 24.9 Å². The van der Waals surface area contributed by atoms with Crippen molar-refractivity contribution in [2.75, 3.05) is 19.8 Å². The summed E-state index contributed by atoms with van der Waals surface area (Å²) in [5, 5.41) is 7.06. The van der Waals surface area contributed by atoms with E-state index in [0.717, 1.165) is 31.6 Å². The van der Waals surface area contributed by atoms with E-state index in [1.54, 1.807) is 18.3 Å². The van der Waals surface area contributed by atoms with Crippen molar-refractivity contribution in [3.05, 3.63) is 46.9 Å². The molecule has 1 fully saturated rings. The fourth-order valence-corrected chi connectivity index (χ4v) is 2.98. The predicted molar refractivity (Wildman–Crippen MR) is 93.9 cm³/mol. The molecule has 0 bridgehead atoms. The number of halogens is 1. The average Bonchev–Trinajstić information content (AvgIpc) is 2.61. The van der Waals surface area contributed by atoms with E-state index in [2.05, 4.69) is 16.8 Å². The van der Waals surface area contributed by atoms with E-state index in [0.29, 0.717) is 34.0 Å². The molecule has 6 heteroatoms. The molecule has 1 saturated heterocycles. The Hall–Kier alpha value is -2.05. The number of aromatic nitrogens is 2. The first-order valence-electron chi connectivity index (χ1n) is 7.90. The van der Waals surface area contributed by atoms with Crippen LogP contribution < -0.4 is 4.74 Å². The largest absolute Gasteiger partial charge is 0.492 e. The summed E-state index contributed by atoms with van der Waals surface area (Å²) in [6.45, 7) is 5.76. The molecule has 2 heterocycles. The van der Waals surface area contributed by atoms with Crippen molar-refractivity contribution in [3.63, 3.8) is 0 Å². The van der Waals surface area contributed by atoms with E-state index >= 15 is 0 Å². The van der Waals surface area contributed by atoms with Gasteiger partial charge in [0.1, 0.15) is 17.3 Å². The summed E-state index contributed by atoms with van der Waals surface area (Å²) in [5.41, 5.74) is 2.01. The molecule has 0 aliphatic carbocycles. The maximum absolute atomic E-state index is 13.7. The van der Waals surface area contributed by atoms with Crippen molar-refractivity contribution in [1.29, 1.82) is 0 Å². The highest BCUT2D eigenvalue weighted by Gasteiger charge is 2.17. The number of nitrogens with one attached hydrogen (secondary N) is 1. The normalized spacial score (nSPS) is 15.2. The van der Waals surface area contributed by atoms with Crippen LogP contribution in [0.1, 0.15) is 18.4 Å². The fourth-order valence-electron chi connectivity index (χ4n) is 2.69. The van der Waals surface area contributed by atoms with Crippen molar-refractivity contribution >= 4 is 18.3 Å². The fraction of sp³-hybridized carbons (Fsp3) is 0.333. The first-order chi connectivity index (χ1) is 11.7. The van der Waals surface area contributed by atoms with Gasteiger partial charge in [-0.25, -0.2) is 4.39 Å². The highest BCUT2D eigenvalue weighted by molar-refractivity contribution is 7.71. The molecule has 0 amide bonds. The number of rotatable bonds is 5. The topological polar surface area (TPSA) is 47.1 Å². The lowest BCUT2D eigenvalue weighted by Gasteiger charge is -2.22. The summed E-state index contributed by atoms with van der Waals surface area (Å²) < 4.78 is 25.5. The second-order valence-corrected chi connectivity index (χ2v) is 6.14. The summed E-state index contributed by atoms with van der Waals surface area (Å²) in [7, 11) is 0. The summed E-state index contributed by atoms with van der Waals surface area (Å²) in [6, 6.07) is 4.41. The molecule has 2 aromatic rings. The molecule has 0 unspecified atom stereocenters. The van der Waals surface area contributed by atoms with Gasteiger partial charge in [0.15, 0.2) is 0 Å². The summed E-state index contributed by atoms with van der Waals surface area (Å²) in [4.78, 5) is 0. The van der Waals surface area contributed by atoms with E-state index < -0.39 is 0 Å². The van der Waals surface area contributed by atoms with Gasteiger partial charge in [0.25, 0.3) is 0 Å². The molecule has 0 saturated carbocycles. The highest BCUT2D eigenvalue weighted by atomic mass is 32.1.